The maximum absolute atomic E-state index is 13.8. The number of thiazole rings is 1. The van der Waals surface area contributed by atoms with Crippen molar-refractivity contribution in [3.05, 3.63) is 98.5 Å². The Morgan fingerprint density at radius 1 is 1.00 bits per heavy atom. The van der Waals surface area contributed by atoms with E-state index in [1.54, 1.807) is 35.7 Å². The van der Waals surface area contributed by atoms with Gasteiger partial charge in [0.25, 0.3) is 11.8 Å². The van der Waals surface area contributed by atoms with Crippen molar-refractivity contribution < 1.29 is 19.1 Å². The SMILES string of the molecule is COc1ccc(N(C(=O)c2ccc(Cl)cc2Cl)c2nc(C(=O)NCc3ccccc3C)cs2)cc1OC. The maximum Gasteiger partial charge on any atom is 0.271 e. The van der Waals surface area contributed by atoms with Crippen molar-refractivity contribution in [2.75, 3.05) is 19.1 Å². The van der Waals surface area contributed by atoms with Crippen LogP contribution in [0.3, 0.4) is 0 Å². The molecule has 1 heterocycles. The standard InChI is InChI=1S/C27H23Cl2N3O4S/c1-16-6-4-5-7-17(16)14-30-25(33)22-15-37-27(31-22)32(19-9-11-23(35-2)24(13-19)36-3)26(34)20-10-8-18(28)12-21(20)29/h4-13,15H,14H2,1-3H3,(H,30,33). The number of carbonyl (C=O) groups excluding carboxylic acids is 2. The summed E-state index contributed by atoms with van der Waals surface area (Å²) in [6.45, 7) is 2.34. The molecule has 4 rings (SSSR count). The van der Waals surface area contributed by atoms with Crippen molar-refractivity contribution in [1.82, 2.24) is 10.3 Å². The number of carbonyl (C=O) groups is 2. The van der Waals surface area contributed by atoms with Crippen LogP contribution in [0.5, 0.6) is 11.5 Å². The molecule has 0 bridgehead atoms. The zero-order chi connectivity index (χ0) is 26.5. The van der Waals surface area contributed by atoms with Gasteiger partial charge in [-0.1, -0.05) is 47.5 Å². The van der Waals surface area contributed by atoms with E-state index in [-0.39, 0.29) is 27.3 Å². The predicted molar refractivity (Wildman–Crippen MR) is 147 cm³/mol. The first-order valence-corrected chi connectivity index (χ1v) is 12.8. The third kappa shape index (κ3) is 5.88. The molecule has 0 unspecified atom stereocenters. The summed E-state index contributed by atoms with van der Waals surface area (Å²) in [5.41, 5.74) is 2.95. The number of hydrogen-bond acceptors (Lipinski definition) is 6. The van der Waals surface area contributed by atoms with Crippen molar-refractivity contribution in [3.63, 3.8) is 0 Å². The summed E-state index contributed by atoms with van der Waals surface area (Å²) < 4.78 is 10.8. The average Bonchev–Trinajstić information content (AvgIpc) is 3.37. The molecular formula is C27H23Cl2N3O4S. The number of hydrogen-bond donors (Lipinski definition) is 1. The summed E-state index contributed by atoms with van der Waals surface area (Å²) in [6.07, 6.45) is 0. The van der Waals surface area contributed by atoms with Gasteiger partial charge in [0.15, 0.2) is 16.6 Å². The summed E-state index contributed by atoms with van der Waals surface area (Å²) in [7, 11) is 3.03. The Morgan fingerprint density at radius 3 is 2.46 bits per heavy atom. The lowest BCUT2D eigenvalue weighted by Gasteiger charge is -2.22. The summed E-state index contributed by atoms with van der Waals surface area (Å²) in [5.74, 6) is 0.122. The number of benzene rings is 3. The van der Waals surface area contributed by atoms with Crippen molar-refractivity contribution in [1.29, 1.82) is 0 Å². The molecular weight excluding hydrogens is 533 g/mol. The normalized spacial score (nSPS) is 10.6. The van der Waals surface area contributed by atoms with Crippen molar-refractivity contribution in [2.24, 2.45) is 0 Å². The second-order valence-electron chi connectivity index (χ2n) is 7.93. The van der Waals surface area contributed by atoms with Crippen molar-refractivity contribution in [2.45, 2.75) is 13.5 Å². The van der Waals surface area contributed by atoms with E-state index in [9.17, 15) is 9.59 Å². The summed E-state index contributed by atoms with van der Waals surface area (Å²) in [6, 6.07) is 17.5. The molecule has 0 radical (unpaired) electrons. The van der Waals surface area contributed by atoms with E-state index in [2.05, 4.69) is 10.3 Å². The van der Waals surface area contributed by atoms with E-state index in [1.165, 1.54) is 25.2 Å². The minimum Gasteiger partial charge on any atom is -0.493 e. The van der Waals surface area contributed by atoms with Gasteiger partial charge in [-0.15, -0.1) is 11.3 Å². The fourth-order valence-corrected chi connectivity index (χ4v) is 4.92. The molecule has 0 spiro atoms. The van der Waals surface area contributed by atoms with Crippen LogP contribution in [0.15, 0.2) is 66.0 Å². The van der Waals surface area contributed by atoms with Gasteiger partial charge >= 0.3 is 0 Å². The topological polar surface area (TPSA) is 80.8 Å². The van der Waals surface area contributed by atoms with Crippen LogP contribution in [0, 0.1) is 6.92 Å². The van der Waals surface area contributed by atoms with Crippen LogP contribution in [0.1, 0.15) is 32.0 Å². The van der Waals surface area contributed by atoms with E-state index < -0.39 is 5.91 Å². The Hall–Kier alpha value is -3.59. The summed E-state index contributed by atoms with van der Waals surface area (Å²) in [5, 5.41) is 5.37. The molecule has 1 aromatic heterocycles. The fraction of sp³-hybridized carbons (Fsp3) is 0.148. The highest BCUT2D eigenvalue weighted by molar-refractivity contribution is 7.14. The maximum atomic E-state index is 13.8. The molecule has 37 heavy (non-hydrogen) atoms. The van der Waals surface area contributed by atoms with Crippen LogP contribution >= 0.6 is 34.5 Å². The number of anilines is 2. The van der Waals surface area contributed by atoms with Crippen LogP contribution in [0.2, 0.25) is 10.0 Å². The van der Waals surface area contributed by atoms with E-state index in [0.717, 1.165) is 22.5 Å². The number of amides is 2. The Kier molecular flexibility index (Phi) is 8.33. The highest BCUT2D eigenvalue weighted by Crippen LogP contribution is 2.37. The number of nitrogens with zero attached hydrogens (tertiary/aromatic N) is 2. The van der Waals surface area contributed by atoms with Crippen molar-refractivity contribution >= 4 is 57.2 Å². The number of nitrogens with one attached hydrogen (secondary N) is 1. The molecule has 0 aliphatic carbocycles. The minimum atomic E-state index is -0.449. The van der Waals surface area contributed by atoms with E-state index in [0.29, 0.717) is 28.8 Å². The molecule has 0 atom stereocenters. The van der Waals surface area contributed by atoms with Crippen LogP contribution in [0.4, 0.5) is 10.8 Å². The highest BCUT2D eigenvalue weighted by Gasteiger charge is 2.27. The molecule has 3 aromatic carbocycles. The first-order chi connectivity index (χ1) is 17.8. The van der Waals surface area contributed by atoms with Gasteiger partial charge in [-0.05, 0) is 48.4 Å². The predicted octanol–water partition coefficient (Wildman–Crippen LogP) is 6.68. The molecule has 10 heteroatoms. The molecule has 0 aliphatic rings. The van der Waals surface area contributed by atoms with E-state index in [4.69, 9.17) is 32.7 Å². The van der Waals surface area contributed by atoms with Gasteiger partial charge in [0, 0.05) is 23.0 Å². The number of methoxy groups -OCH3 is 2. The number of rotatable bonds is 8. The summed E-state index contributed by atoms with van der Waals surface area (Å²) >= 11 is 13.5. The van der Waals surface area contributed by atoms with Crippen LogP contribution in [-0.4, -0.2) is 31.0 Å². The number of aryl methyl sites for hydroxylation is 1. The first kappa shape index (κ1) is 26.5. The number of aromatic nitrogens is 1. The monoisotopic (exact) mass is 555 g/mol. The number of ether oxygens (including phenoxy) is 2. The lowest BCUT2D eigenvalue weighted by atomic mass is 10.1. The highest BCUT2D eigenvalue weighted by atomic mass is 35.5. The van der Waals surface area contributed by atoms with Gasteiger partial charge in [0.05, 0.1) is 30.5 Å². The number of halogens is 2. The summed E-state index contributed by atoms with van der Waals surface area (Å²) in [4.78, 5) is 32.5. The lowest BCUT2D eigenvalue weighted by Crippen LogP contribution is -2.27. The Balaban J connectivity index is 1.69. The quantitative estimate of drug-likeness (QED) is 0.262. The largest absolute Gasteiger partial charge is 0.493 e. The zero-order valence-electron chi connectivity index (χ0n) is 20.2. The van der Waals surface area contributed by atoms with Gasteiger partial charge in [-0.3, -0.25) is 14.5 Å². The van der Waals surface area contributed by atoms with E-state index in [1.807, 2.05) is 31.2 Å². The average molecular weight is 556 g/mol. The smallest absolute Gasteiger partial charge is 0.271 e. The van der Waals surface area contributed by atoms with Gasteiger partial charge in [0.1, 0.15) is 5.69 Å². The zero-order valence-corrected chi connectivity index (χ0v) is 22.6. The molecule has 7 nitrogen and oxygen atoms in total. The van der Waals surface area contributed by atoms with Gasteiger partial charge in [-0.2, -0.15) is 0 Å². The second-order valence-corrected chi connectivity index (χ2v) is 9.61. The van der Waals surface area contributed by atoms with Gasteiger partial charge in [-0.25, -0.2) is 4.98 Å². The van der Waals surface area contributed by atoms with Gasteiger partial charge < -0.3 is 14.8 Å². The molecule has 0 aliphatic heterocycles. The third-order valence-electron chi connectivity index (χ3n) is 5.61. The molecule has 190 valence electrons. The minimum absolute atomic E-state index is 0.189. The van der Waals surface area contributed by atoms with Crippen LogP contribution < -0.4 is 19.7 Å². The second kappa shape index (κ2) is 11.6. The fourth-order valence-electron chi connectivity index (χ4n) is 3.61. The van der Waals surface area contributed by atoms with Gasteiger partial charge in [0.2, 0.25) is 0 Å². The molecule has 2 amide bonds. The third-order valence-corrected chi connectivity index (χ3v) is 6.98. The Bertz CT molecular complexity index is 1460. The Labute approximate surface area is 228 Å². The van der Waals surface area contributed by atoms with E-state index >= 15 is 0 Å². The van der Waals surface area contributed by atoms with Crippen LogP contribution in [0.25, 0.3) is 0 Å². The molecule has 0 fully saturated rings. The van der Waals surface area contributed by atoms with Crippen LogP contribution in [-0.2, 0) is 6.54 Å². The van der Waals surface area contributed by atoms with Crippen molar-refractivity contribution in [3.8, 4) is 11.5 Å². The first-order valence-electron chi connectivity index (χ1n) is 11.1. The Morgan fingerprint density at radius 2 is 1.76 bits per heavy atom. The molecule has 4 aromatic rings. The molecule has 0 saturated carbocycles. The molecule has 0 saturated heterocycles. The lowest BCUT2D eigenvalue weighted by molar-refractivity contribution is 0.0944. The molecule has 1 N–H and O–H groups in total.